The molecule has 1 aromatic heterocycles. The molecule has 1 aliphatic rings. The summed E-state index contributed by atoms with van der Waals surface area (Å²) in [6.45, 7) is 0. The summed E-state index contributed by atoms with van der Waals surface area (Å²) in [7, 11) is 0. The van der Waals surface area contributed by atoms with E-state index in [4.69, 9.17) is 0 Å². The summed E-state index contributed by atoms with van der Waals surface area (Å²) >= 11 is 0. The Morgan fingerprint density at radius 1 is 1.00 bits per heavy atom. The molecule has 0 unspecified atom stereocenters. The van der Waals surface area contributed by atoms with E-state index in [1.54, 1.807) is 36.4 Å². The number of benzene rings is 1. The Morgan fingerprint density at radius 2 is 1.68 bits per heavy atom. The van der Waals surface area contributed by atoms with Crippen LogP contribution in [0.15, 0.2) is 48.7 Å². The van der Waals surface area contributed by atoms with Gasteiger partial charge in [0, 0.05) is 24.7 Å². The first-order valence-corrected chi connectivity index (χ1v) is 6.84. The van der Waals surface area contributed by atoms with Crippen molar-refractivity contribution in [2.24, 2.45) is 0 Å². The molecular weight excluding hydrogens is 282 g/mol. The topological polar surface area (TPSA) is 79.4 Å². The van der Waals surface area contributed by atoms with E-state index in [0.29, 0.717) is 5.69 Å². The Kier molecular flexibility index (Phi) is 3.65. The first-order valence-electron chi connectivity index (χ1n) is 6.84. The molecule has 110 valence electrons. The number of carbonyl (C=O) groups excluding carboxylic acids is 3. The van der Waals surface area contributed by atoms with E-state index in [0.717, 1.165) is 4.90 Å². The van der Waals surface area contributed by atoms with Gasteiger partial charge in [-0.05, 0) is 24.3 Å². The van der Waals surface area contributed by atoms with Crippen LogP contribution in [-0.2, 0) is 9.59 Å². The maximum atomic E-state index is 12.4. The summed E-state index contributed by atoms with van der Waals surface area (Å²) in [6.07, 6.45) is 1.77. The van der Waals surface area contributed by atoms with Gasteiger partial charge in [-0.25, -0.2) is 9.88 Å². The number of aromatic nitrogens is 1. The SMILES string of the molecule is O=C(Nc1ccccc1)c1ncccc1N1C(=O)CCC1=O. The molecule has 0 atom stereocenters. The van der Waals surface area contributed by atoms with Gasteiger partial charge < -0.3 is 5.32 Å². The number of hydrogen-bond donors (Lipinski definition) is 1. The zero-order chi connectivity index (χ0) is 15.5. The van der Waals surface area contributed by atoms with E-state index in [2.05, 4.69) is 10.3 Å². The van der Waals surface area contributed by atoms with E-state index >= 15 is 0 Å². The van der Waals surface area contributed by atoms with Crippen LogP contribution < -0.4 is 10.2 Å². The van der Waals surface area contributed by atoms with Gasteiger partial charge in [-0.1, -0.05) is 18.2 Å². The number of hydrogen-bond acceptors (Lipinski definition) is 4. The molecule has 0 spiro atoms. The lowest BCUT2D eigenvalue weighted by atomic mass is 10.2. The van der Waals surface area contributed by atoms with Crippen molar-refractivity contribution in [1.29, 1.82) is 0 Å². The van der Waals surface area contributed by atoms with E-state index in [1.165, 1.54) is 6.20 Å². The summed E-state index contributed by atoms with van der Waals surface area (Å²) in [5.41, 5.74) is 0.890. The second kappa shape index (κ2) is 5.77. The van der Waals surface area contributed by atoms with Gasteiger partial charge in [0.25, 0.3) is 5.91 Å². The molecule has 1 aliphatic heterocycles. The summed E-state index contributed by atoms with van der Waals surface area (Å²) in [5.74, 6) is -1.09. The zero-order valence-corrected chi connectivity index (χ0v) is 11.7. The molecule has 6 heteroatoms. The molecule has 1 aromatic carbocycles. The normalized spacial score (nSPS) is 14.3. The Labute approximate surface area is 126 Å². The van der Waals surface area contributed by atoms with E-state index in [9.17, 15) is 14.4 Å². The average Bonchev–Trinajstić information content (AvgIpc) is 2.87. The van der Waals surface area contributed by atoms with Gasteiger partial charge >= 0.3 is 0 Å². The third-order valence-corrected chi connectivity index (χ3v) is 3.33. The molecule has 6 nitrogen and oxygen atoms in total. The fraction of sp³-hybridized carbons (Fsp3) is 0.125. The van der Waals surface area contributed by atoms with Crippen molar-refractivity contribution >= 4 is 29.1 Å². The number of para-hydroxylation sites is 1. The van der Waals surface area contributed by atoms with Crippen LogP contribution >= 0.6 is 0 Å². The number of carbonyl (C=O) groups is 3. The van der Waals surface area contributed by atoms with Crippen LogP contribution in [0.1, 0.15) is 23.3 Å². The number of rotatable bonds is 3. The largest absolute Gasteiger partial charge is 0.321 e. The number of nitrogens with zero attached hydrogens (tertiary/aromatic N) is 2. The molecule has 2 aromatic rings. The molecule has 3 rings (SSSR count). The van der Waals surface area contributed by atoms with Crippen molar-refractivity contribution in [3.05, 3.63) is 54.4 Å². The minimum absolute atomic E-state index is 0.0509. The smallest absolute Gasteiger partial charge is 0.276 e. The standard InChI is InChI=1S/C16H13N3O3/c20-13-8-9-14(21)19(13)12-7-4-10-17-15(12)16(22)18-11-5-2-1-3-6-11/h1-7,10H,8-9H2,(H,18,22). The maximum Gasteiger partial charge on any atom is 0.276 e. The highest BCUT2D eigenvalue weighted by Crippen LogP contribution is 2.25. The Bertz CT molecular complexity index is 727. The maximum absolute atomic E-state index is 12.4. The van der Waals surface area contributed by atoms with Crippen LogP contribution in [0.3, 0.4) is 0 Å². The van der Waals surface area contributed by atoms with Crippen LogP contribution in [0.25, 0.3) is 0 Å². The predicted molar refractivity (Wildman–Crippen MR) is 80.4 cm³/mol. The molecule has 0 aliphatic carbocycles. The average molecular weight is 295 g/mol. The van der Waals surface area contributed by atoms with Crippen molar-refractivity contribution in [3.63, 3.8) is 0 Å². The van der Waals surface area contributed by atoms with Gasteiger partial charge in [0.15, 0.2) is 5.69 Å². The van der Waals surface area contributed by atoms with Crippen LogP contribution in [0, 0.1) is 0 Å². The molecule has 1 fully saturated rings. The quantitative estimate of drug-likeness (QED) is 0.878. The van der Waals surface area contributed by atoms with Gasteiger partial charge in [-0.3, -0.25) is 14.4 Å². The van der Waals surface area contributed by atoms with Gasteiger partial charge in [0.2, 0.25) is 11.8 Å². The minimum Gasteiger partial charge on any atom is -0.321 e. The molecule has 0 bridgehead atoms. The third-order valence-electron chi connectivity index (χ3n) is 3.33. The lowest BCUT2D eigenvalue weighted by Crippen LogP contribution is -2.31. The summed E-state index contributed by atoms with van der Waals surface area (Å²) in [5, 5.41) is 2.70. The summed E-state index contributed by atoms with van der Waals surface area (Å²) in [6, 6.07) is 12.1. The fourth-order valence-electron chi connectivity index (χ4n) is 2.31. The molecule has 3 amide bonds. The highest BCUT2D eigenvalue weighted by atomic mass is 16.2. The lowest BCUT2D eigenvalue weighted by Gasteiger charge is -2.16. The number of amides is 3. The van der Waals surface area contributed by atoms with E-state index < -0.39 is 5.91 Å². The molecule has 22 heavy (non-hydrogen) atoms. The van der Waals surface area contributed by atoms with E-state index in [1.807, 2.05) is 6.07 Å². The summed E-state index contributed by atoms with van der Waals surface area (Å²) in [4.78, 5) is 41.2. The lowest BCUT2D eigenvalue weighted by molar-refractivity contribution is -0.121. The van der Waals surface area contributed by atoms with Crippen LogP contribution in [0.4, 0.5) is 11.4 Å². The minimum atomic E-state index is -0.464. The Balaban J connectivity index is 1.93. The van der Waals surface area contributed by atoms with E-state index in [-0.39, 0.29) is 36.0 Å². The molecule has 2 heterocycles. The van der Waals surface area contributed by atoms with Crippen LogP contribution in [0.5, 0.6) is 0 Å². The predicted octanol–water partition coefficient (Wildman–Crippen LogP) is 1.99. The molecule has 1 saturated heterocycles. The Morgan fingerprint density at radius 3 is 2.36 bits per heavy atom. The fourth-order valence-corrected chi connectivity index (χ4v) is 2.31. The van der Waals surface area contributed by atoms with Crippen molar-refractivity contribution in [2.45, 2.75) is 12.8 Å². The first-order chi connectivity index (χ1) is 10.7. The van der Waals surface area contributed by atoms with Crippen molar-refractivity contribution < 1.29 is 14.4 Å². The van der Waals surface area contributed by atoms with Crippen LogP contribution in [-0.4, -0.2) is 22.7 Å². The number of pyridine rings is 1. The molecule has 0 radical (unpaired) electrons. The Hall–Kier alpha value is -3.02. The van der Waals surface area contributed by atoms with Gasteiger partial charge in [-0.15, -0.1) is 0 Å². The molecular formula is C16H13N3O3. The molecule has 1 N–H and O–H groups in total. The third kappa shape index (κ3) is 2.58. The van der Waals surface area contributed by atoms with Crippen LogP contribution in [0.2, 0.25) is 0 Å². The number of nitrogens with one attached hydrogen (secondary N) is 1. The summed E-state index contributed by atoms with van der Waals surface area (Å²) < 4.78 is 0. The molecule has 0 saturated carbocycles. The van der Waals surface area contributed by atoms with Crippen molar-refractivity contribution in [3.8, 4) is 0 Å². The van der Waals surface area contributed by atoms with Gasteiger partial charge in [0.05, 0.1) is 5.69 Å². The van der Waals surface area contributed by atoms with Crippen molar-refractivity contribution in [2.75, 3.05) is 10.2 Å². The monoisotopic (exact) mass is 295 g/mol. The number of anilines is 2. The second-order valence-corrected chi connectivity index (χ2v) is 4.81. The van der Waals surface area contributed by atoms with Gasteiger partial charge in [-0.2, -0.15) is 0 Å². The highest BCUT2D eigenvalue weighted by Gasteiger charge is 2.33. The highest BCUT2D eigenvalue weighted by molar-refractivity contribution is 6.22. The first kappa shape index (κ1) is 13.9. The second-order valence-electron chi connectivity index (χ2n) is 4.81. The number of imide groups is 1. The van der Waals surface area contributed by atoms with Gasteiger partial charge in [0.1, 0.15) is 0 Å². The zero-order valence-electron chi connectivity index (χ0n) is 11.7. The van der Waals surface area contributed by atoms with Crippen molar-refractivity contribution in [1.82, 2.24) is 4.98 Å².